The standard InChI is InChI=1S/C15H16Cl2N2S/c1-3-18-8-11-6-10(2)15(19-9-11)20-14-7-12(16)4-5-13(14)17/h4-7,9,18H,3,8H2,1-2H3. The molecule has 1 aromatic carbocycles. The average molecular weight is 327 g/mol. The minimum absolute atomic E-state index is 0.679. The second kappa shape index (κ2) is 7.32. The van der Waals surface area contributed by atoms with E-state index in [1.54, 1.807) is 12.1 Å². The van der Waals surface area contributed by atoms with Crippen LogP contribution in [0, 0.1) is 6.92 Å². The van der Waals surface area contributed by atoms with E-state index in [-0.39, 0.29) is 0 Å². The highest BCUT2D eigenvalue weighted by atomic mass is 35.5. The van der Waals surface area contributed by atoms with Crippen molar-refractivity contribution in [3.05, 3.63) is 51.6 Å². The fourth-order valence-electron chi connectivity index (χ4n) is 1.75. The topological polar surface area (TPSA) is 24.9 Å². The first-order valence-electron chi connectivity index (χ1n) is 6.39. The monoisotopic (exact) mass is 326 g/mol. The number of benzene rings is 1. The molecule has 0 aliphatic rings. The summed E-state index contributed by atoms with van der Waals surface area (Å²) in [7, 11) is 0. The number of halogens is 2. The first kappa shape index (κ1) is 15.6. The summed E-state index contributed by atoms with van der Waals surface area (Å²) >= 11 is 13.7. The fraction of sp³-hybridized carbons (Fsp3) is 0.267. The second-order valence-electron chi connectivity index (χ2n) is 4.42. The summed E-state index contributed by atoms with van der Waals surface area (Å²) in [6.07, 6.45) is 1.90. The van der Waals surface area contributed by atoms with Crippen LogP contribution in [0.5, 0.6) is 0 Å². The summed E-state index contributed by atoms with van der Waals surface area (Å²) in [5.41, 5.74) is 2.33. The predicted molar refractivity (Wildman–Crippen MR) is 86.9 cm³/mol. The second-order valence-corrected chi connectivity index (χ2v) is 6.30. The first-order chi connectivity index (χ1) is 9.60. The third-order valence-electron chi connectivity index (χ3n) is 2.77. The van der Waals surface area contributed by atoms with Gasteiger partial charge in [-0.15, -0.1) is 0 Å². The van der Waals surface area contributed by atoms with E-state index in [0.717, 1.165) is 28.6 Å². The fourth-order valence-corrected chi connectivity index (χ4v) is 3.11. The molecule has 1 N–H and O–H groups in total. The molecular weight excluding hydrogens is 311 g/mol. The number of hydrogen-bond acceptors (Lipinski definition) is 3. The Bertz CT molecular complexity index is 602. The Labute approximate surface area is 133 Å². The van der Waals surface area contributed by atoms with Crippen LogP contribution in [0.1, 0.15) is 18.1 Å². The molecule has 0 unspecified atom stereocenters. The van der Waals surface area contributed by atoms with Crippen LogP contribution in [0.2, 0.25) is 10.0 Å². The van der Waals surface area contributed by atoms with Gasteiger partial charge in [0.1, 0.15) is 5.03 Å². The van der Waals surface area contributed by atoms with E-state index in [9.17, 15) is 0 Å². The molecule has 1 heterocycles. The van der Waals surface area contributed by atoms with Crippen molar-refractivity contribution in [2.24, 2.45) is 0 Å². The van der Waals surface area contributed by atoms with Crippen molar-refractivity contribution in [1.82, 2.24) is 10.3 Å². The highest BCUT2D eigenvalue weighted by Gasteiger charge is 2.08. The molecule has 106 valence electrons. The Kier molecular flexibility index (Phi) is 5.73. The van der Waals surface area contributed by atoms with Gasteiger partial charge in [0.05, 0.1) is 5.02 Å². The number of rotatable bonds is 5. The van der Waals surface area contributed by atoms with Crippen LogP contribution < -0.4 is 5.32 Å². The van der Waals surface area contributed by atoms with Crippen LogP contribution in [0.15, 0.2) is 40.4 Å². The molecule has 0 fully saturated rings. The Morgan fingerprint density at radius 2 is 2.05 bits per heavy atom. The zero-order valence-corrected chi connectivity index (χ0v) is 13.7. The molecule has 0 aliphatic carbocycles. The van der Waals surface area contributed by atoms with Crippen molar-refractivity contribution in [2.45, 2.75) is 30.3 Å². The van der Waals surface area contributed by atoms with E-state index in [1.165, 1.54) is 17.3 Å². The smallest absolute Gasteiger partial charge is 0.104 e. The van der Waals surface area contributed by atoms with Crippen LogP contribution in [0.4, 0.5) is 0 Å². The summed E-state index contributed by atoms with van der Waals surface area (Å²) in [6.45, 7) is 5.94. The Morgan fingerprint density at radius 3 is 2.75 bits per heavy atom. The van der Waals surface area contributed by atoms with Gasteiger partial charge in [0.2, 0.25) is 0 Å². The SMILES string of the molecule is CCNCc1cnc(Sc2cc(Cl)ccc2Cl)c(C)c1. The Hall–Kier alpha value is -0.740. The molecule has 1 aromatic heterocycles. The van der Waals surface area contributed by atoms with Crippen LogP contribution in [0.25, 0.3) is 0 Å². The van der Waals surface area contributed by atoms with Gasteiger partial charge >= 0.3 is 0 Å². The molecule has 0 bridgehead atoms. The van der Waals surface area contributed by atoms with Crippen molar-refractivity contribution in [2.75, 3.05) is 6.54 Å². The van der Waals surface area contributed by atoms with Gasteiger partial charge in [-0.3, -0.25) is 0 Å². The normalized spacial score (nSPS) is 10.8. The van der Waals surface area contributed by atoms with Gasteiger partial charge in [-0.2, -0.15) is 0 Å². The van der Waals surface area contributed by atoms with Gasteiger partial charge in [0, 0.05) is 22.7 Å². The summed E-state index contributed by atoms with van der Waals surface area (Å²) in [5, 5.41) is 5.62. The molecule has 0 atom stereocenters. The van der Waals surface area contributed by atoms with Crippen molar-refractivity contribution < 1.29 is 0 Å². The Balaban J connectivity index is 2.19. The van der Waals surface area contributed by atoms with E-state index in [2.05, 4.69) is 30.2 Å². The maximum atomic E-state index is 6.18. The van der Waals surface area contributed by atoms with E-state index in [4.69, 9.17) is 23.2 Å². The van der Waals surface area contributed by atoms with Crippen LogP contribution >= 0.6 is 35.0 Å². The van der Waals surface area contributed by atoms with E-state index in [0.29, 0.717) is 10.0 Å². The highest BCUT2D eigenvalue weighted by Crippen LogP contribution is 2.35. The van der Waals surface area contributed by atoms with Crippen molar-refractivity contribution in [1.29, 1.82) is 0 Å². The molecule has 2 rings (SSSR count). The van der Waals surface area contributed by atoms with Gasteiger partial charge in [0.15, 0.2) is 0 Å². The van der Waals surface area contributed by atoms with Crippen molar-refractivity contribution in [3.8, 4) is 0 Å². The summed E-state index contributed by atoms with van der Waals surface area (Å²) < 4.78 is 0. The lowest BCUT2D eigenvalue weighted by molar-refractivity contribution is 0.721. The summed E-state index contributed by atoms with van der Waals surface area (Å²) in [6, 6.07) is 7.60. The van der Waals surface area contributed by atoms with Gasteiger partial charge in [0.25, 0.3) is 0 Å². The molecule has 5 heteroatoms. The molecule has 0 saturated carbocycles. The third kappa shape index (κ3) is 4.13. The largest absolute Gasteiger partial charge is 0.313 e. The third-order valence-corrected chi connectivity index (χ3v) is 4.62. The minimum atomic E-state index is 0.679. The quantitative estimate of drug-likeness (QED) is 0.840. The van der Waals surface area contributed by atoms with E-state index >= 15 is 0 Å². The number of nitrogens with zero attached hydrogens (tertiary/aromatic N) is 1. The number of aryl methyl sites for hydroxylation is 1. The van der Waals surface area contributed by atoms with Crippen LogP contribution in [-0.2, 0) is 6.54 Å². The number of aromatic nitrogens is 1. The molecule has 20 heavy (non-hydrogen) atoms. The molecule has 2 nitrogen and oxygen atoms in total. The number of hydrogen-bond donors (Lipinski definition) is 1. The molecule has 0 amide bonds. The Morgan fingerprint density at radius 1 is 1.25 bits per heavy atom. The number of nitrogens with one attached hydrogen (secondary N) is 1. The van der Waals surface area contributed by atoms with Gasteiger partial charge in [-0.05, 0) is 42.8 Å². The lowest BCUT2D eigenvalue weighted by atomic mass is 10.2. The maximum absolute atomic E-state index is 6.18. The first-order valence-corrected chi connectivity index (χ1v) is 7.96. The lowest BCUT2D eigenvalue weighted by Gasteiger charge is -2.09. The highest BCUT2D eigenvalue weighted by molar-refractivity contribution is 7.99. The van der Waals surface area contributed by atoms with E-state index < -0.39 is 0 Å². The van der Waals surface area contributed by atoms with Crippen molar-refractivity contribution in [3.63, 3.8) is 0 Å². The maximum Gasteiger partial charge on any atom is 0.104 e. The molecule has 2 aromatic rings. The minimum Gasteiger partial charge on any atom is -0.313 e. The zero-order valence-electron chi connectivity index (χ0n) is 11.4. The van der Waals surface area contributed by atoms with Gasteiger partial charge in [-0.25, -0.2) is 4.98 Å². The van der Waals surface area contributed by atoms with Crippen molar-refractivity contribution >= 4 is 35.0 Å². The summed E-state index contributed by atoms with van der Waals surface area (Å²) in [5.74, 6) is 0. The zero-order chi connectivity index (χ0) is 14.5. The van der Waals surface area contributed by atoms with Crippen LogP contribution in [-0.4, -0.2) is 11.5 Å². The van der Waals surface area contributed by atoms with Gasteiger partial charge in [-0.1, -0.05) is 48.0 Å². The molecule has 0 aliphatic heterocycles. The predicted octanol–water partition coefficient (Wildman–Crippen LogP) is 4.96. The molecule has 0 saturated heterocycles. The molecule has 0 radical (unpaired) electrons. The van der Waals surface area contributed by atoms with E-state index in [1.807, 2.05) is 12.3 Å². The summed E-state index contributed by atoms with van der Waals surface area (Å²) in [4.78, 5) is 5.44. The van der Waals surface area contributed by atoms with Gasteiger partial charge < -0.3 is 5.32 Å². The number of pyridine rings is 1. The lowest BCUT2D eigenvalue weighted by Crippen LogP contribution is -2.12. The molecular formula is C15H16Cl2N2S. The van der Waals surface area contributed by atoms with Crippen LogP contribution in [0.3, 0.4) is 0 Å². The average Bonchev–Trinajstić information content (AvgIpc) is 2.43. The molecule has 0 spiro atoms.